The van der Waals surface area contributed by atoms with Crippen molar-refractivity contribution >= 4 is 28.3 Å². The minimum absolute atomic E-state index is 0.191. The maximum atomic E-state index is 13.1. The average Bonchev–Trinajstić information content (AvgIpc) is 2.84. The van der Waals surface area contributed by atoms with E-state index in [1.165, 1.54) is 12.1 Å². The van der Waals surface area contributed by atoms with E-state index in [4.69, 9.17) is 11.6 Å². The smallest absolute Gasteiger partial charge is 0.165 e. The molecule has 0 fully saturated rings. The highest BCUT2D eigenvalue weighted by atomic mass is 35.5. The molecule has 0 atom stereocenters. The third-order valence-electron chi connectivity index (χ3n) is 4.48. The number of hydrogen-bond donors (Lipinski definition) is 0. The van der Waals surface area contributed by atoms with Crippen molar-refractivity contribution < 1.29 is 9.18 Å². The number of carbonyl (C=O) groups is 1. The van der Waals surface area contributed by atoms with Crippen LogP contribution in [0.5, 0.6) is 0 Å². The largest absolute Gasteiger partial charge is 0.339 e. The van der Waals surface area contributed by atoms with Gasteiger partial charge in [-0.15, -0.1) is 0 Å². The van der Waals surface area contributed by atoms with Crippen molar-refractivity contribution in [2.24, 2.45) is 0 Å². The van der Waals surface area contributed by atoms with Crippen LogP contribution in [0.15, 0.2) is 42.5 Å². The second kappa shape index (κ2) is 5.50. The second-order valence-electron chi connectivity index (χ2n) is 5.97. The highest BCUT2D eigenvalue weighted by Crippen LogP contribution is 2.34. The van der Waals surface area contributed by atoms with E-state index in [-0.39, 0.29) is 11.6 Å². The summed E-state index contributed by atoms with van der Waals surface area (Å²) < 4.78 is 15.3. The molecular formula is C19H15ClFNO. The Morgan fingerprint density at radius 1 is 1.09 bits per heavy atom. The lowest BCUT2D eigenvalue weighted by Gasteiger charge is -2.15. The Kier molecular flexibility index (Phi) is 3.46. The number of nitrogens with zero attached hydrogens (tertiary/aromatic N) is 1. The first-order valence-corrected chi connectivity index (χ1v) is 8.09. The van der Waals surface area contributed by atoms with Gasteiger partial charge in [0.05, 0.1) is 0 Å². The van der Waals surface area contributed by atoms with Gasteiger partial charge in [0, 0.05) is 40.1 Å². The van der Waals surface area contributed by atoms with Crippen molar-refractivity contribution in [3.05, 3.63) is 70.1 Å². The fourth-order valence-electron chi connectivity index (χ4n) is 3.45. The minimum atomic E-state index is -0.241. The SMILES string of the molecule is O=C1CCCc2c1c1cc(Cl)ccc1n2Cc1ccc(F)cc1. The molecule has 1 aromatic heterocycles. The summed E-state index contributed by atoms with van der Waals surface area (Å²) in [4.78, 5) is 12.4. The first-order chi connectivity index (χ1) is 11.1. The van der Waals surface area contributed by atoms with Gasteiger partial charge in [0.2, 0.25) is 0 Å². The molecule has 3 aromatic rings. The Hall–Kier alpha value is -2.13. The molecule has 0 aliphatic heterocycles. The minimum Gasteiger partial charge on any atom is -0.339 e. The van der Waals surface area contributed by atoms with E-state index in [9.17, 15) is 9.18 Å². The van der Waals surface area contributed by atoms with E-state index in [1.807, 2.05) is 18.2 Å². The zero-order valence-corrected chi connectivity index (χ0v) is 13.2. The normalized spacial score (nSPS) is 14.3. The van der Waals surface area contributed by atoms with Gasteiger partial charge in [-0.3, -0.25) is 4.79 Å². The monoisotopic (exact) mass is 327 g/mol. The Bertz CT molecular complexity index is 911. The summed E-state index contributed by atoms with van der Waals surface area (Å²) >= 11 is 6.13. The first kappa shape index (κ1) is 14.5. The Morgan fingerprint density at radius 2 is 1.87 bits per heavy atom. The van der Waals surface area contributed by atoms with Gasteiger partial charge in [-0.1, -0.05) is 23.7 Å². The number of halogens is 2. The Labute approximate surface area is 138 Å². The van der Waals surface area contributed by atoms with E-state index in [1.54, 1.807) is 12.1 Å². The van der Waals surface area contributed by atoms with Crippen molar-refractivity contribution in [3.8, 4) is 0 Å². The molecule has 0 amide bonds. The van der Waals surface area contributed by atoms with Gasteiger partial charge in [-0.2, -0.15) is 0 Å². The van der Waals surface area contributed by atoms with Crippen LogP contribution >= 0.6 is 11.6 Å². The van der Waals surface area contributed by atoms with Crippen molar-refractivity contribution in [1.82, 2.24) is 4.57 Å². The highest BCUT2D eigenvalue weighted by molar-refractivity contribution is 6.31. The van der Waals surface area contributed by atoms with Gasteiger partial charge in [0.25, 0.3) is 0 Å². The van der Waals surface area contributed by atoms with Gasteiger partial charge >= 0.3 is 0 Å². The molecule has 2 nitrogen and oxygen atoms in total. The van der Waals surface area contributed by atoms with Crippen LogP contribution < -0.4 is 0 Å². The van der Waals surface area contributed by atoms with Gasteiger partial charge in [-0.05, 0) is 48.7 Å². The Balaban J connectivity index is 1.91. The standard InChI is InChI=1S/C19H15ClFNO/c20-13-6-9-16-15(10-13)19-17(2-1-3-18(19)23)22(16)11-12-4-7-14(21)8-5-12/h4-10H,1-3,11H2. The summed E-state index contributed by atoms with van der Waals surface area (Å²) in [5, 5.41) is 1.57. The third kappa shape index (κ3) is 2.45. The van der Waals surface area contributed by atoms with E-state index in [0.29, 0.717) is 18.0 Å². The summed E-state index contributed by atoms with van der Waals surface area (Å²) in [6, 6.07) is 12.2. The summed E-state index contributed by atoms with van der Waals surface area (Å²) in [6.07, 6.45) is 2.35. The number of Topliss-reactive ketones (excluding diaryl/α,β-unsaturated/α-hetero) is 1. The molecule has 1 aliphatic rings. The predicted octanol–water partition coefficient (Wildman–Crippen LogP) is 5.00. The number of hydrogen-bond acceptors (Lipinski definition) is 1. The summed E-state index contributed by atoms with van der Waals surface area (Å²) in [5.74, 6) is -0.0496. The molecule has 1 heterocycles. The van der Waals surface area contributed by atoms with Crippen molar-refractivity contribution in [3.63, 3.8) is 0 Å². The lowest BCUT2D eigenvalue weighted by Crippen LogP contribution is -2.13. The first-order valence-electron chi connectivity index (χ1n) is 7.72. The zero-order valence-electron chi connectivity index (χ0n) is 12.5. The number of carbonyl (C=O) groups excluding carboxylic acids is 1. The molecule has 2 aromatic carbocycles. The topological polar surface area (TPSA) is 22.0 Å². The van der Waals surface area contributed by atoms with Gasteiger partial charge in [0.15, 0.2) is 5.78 Å². The van der Waals surface area contributed by atoms with Gasteiger partial charge < -0.3 is 4.57 Å². The van der Waals surface area contributed by atoms with Crippen LogP contribution in [0.25, 0.3) is 10.9 Å². The van der Waals surface area contributed by atoms with Crippen LogP contribution in [0.4, 0.5) is 4.39 Å². The molecule has 0 radical (unpaired) electrons. The molecule has 116 valence electrons. The highest BCUT2D eigenvalue weighted by Gasteiger charge is 2.25. The zero-order chi connectivity index (χ0) is 16.0. The van der Waals surface area contributed by atoms with Crippen LogP contribution in [0.2, 0.25) is 5.02 Å². The molecule has 0 spiro atoms. The molecule has 4 heteroatoms. The van der Waals surface area contributed by atoms with Crippen molar-refractivity contribution in [1.29, 1.82) is 0 Å². The van der Waals surface area contributed by atoms with Crippen LogP contribution in [0.1, 0.15) is 34.5 Å². The molecule has 0 bridgehead atoms. The summed E-state index contributed by atoms with van der Waals surface area (Å²) in [6.45, 7) is 0.626. The lowest BCUT2D eigenvalue weighted by molar-refractivity contribution is 0.0973. The van der Waals surface area contributed by atoms with Gasteiger partial charge in [0.1, 0.15) is 5.82 Å². The van der Waals surface area contributed by atoms with Crippen LogP contribution in [-0.2, 0) is 13.0 Å². The predicted molar refractivity (Wildman–Crippen MR) is 89.7 cm³/mol. The summed E-state index contributed by atoms with van der Waals surface area (Å²) in [7, 11) is 0. The molecule has 0 N–H and O–H groups in total. The number of rotatable bonds is 2. The fraction of sp³-hybridized carbons (Fsp3) is 0.211. The molecule has 4 rings (SSSR count). The third-order valence-corrected chi connectivity index (χ3v) is 4.72. The molecule has 1 aliphatic carbocycles. The molecule has 23 heavy (non-hydrogen) atoms. The molecule has 0 unspecified atom stereocenters. The van der Waals surface area contributed by atoms with Crippen LogP contribution in [0.3, 0.4) is 0 Å². The number of ketones is 1. The van der Waals surface area contributed by atoms with Crippen LogP contribution in [0, 0.1) is 5.82 Å². The number of aromatic nitrogens is 1. The molecule has 0 saturated heterocycles. The maximum absolute atomic E-state index is 13.1. The number of benzene rings is 2. The fourth-order valence-corrected chi connectivity index (χ4v) is 3.62. The second-order valence-corrected chi connectivity index (χ2v) is 6.41. The maximum Gasteiger partial charge on any atom is 0.165 e. The van der Waals surface area contributed by atoms with E-state index < -0.39 is 0 Å². The number of fused-ring (bicyclic) bond motifs is 3. The molecular weight excluding hydrogens is 313 g/mol. The summed E-state index contributed by atoms with van der Waals surface area (Å²) in [5.41, 5.74) is 3.91. The quantitative estimate of drug-likeness (QED) is 0.649. The van der Waals surface area contributed by atoms with Crippen molar-refractivity contribution in [2.75, 3.05) is 0 Å². The van der Waals surface area contributed by atoms with Gasteiger partial charge in [-0.25, -0.2) is 4.39 Å². The lowest BCUT2D eigenvalue weighted by atomic mass is 9.94. The average molecular weight is 328 g/mol. The van der Waals surface area contributed by atoms with E-state index in [2.05, 4.69) is 4.57 Å². The molecule has 0 saturated carbocycles. The Morgan fingerprint density at radius 3 is 2.65 bits per heavy atom. The van der Waals surface area contributed by atoms with E-state index >= 15 is 0 Å². The van der Waals surface area contributed by atoms with E-state index in [0.717, 1.165) is 40.6 Å². The van der Waals surface area contributed by atoms with Crippen LogP contribution in [-0.4, -0.2) is 10.4 Å². The van der Waals surface area contributed by atoms with Crippen molar-refractivity contribution in [2.45, 2.75) is 25.8 Å².